The standard InChI is InChI=1S/C16H26N2O2/c1-5-16(3,4)13-7-9-14(10-8-13)20-12(2)6-11-15(19)18-17/h7-10,12H,5-6,11,17H2,1-4H3,(H,18,19). The molecule has 112 valence electrons. The minimum atomic E-state index is -0.166. The second kappa shape index (κ2) is 7.29. The molecule has 1 amide bonds. The third-order valence-corrected chi connectivity index (χ3v) is 3.80. The van der Waals surface area contributed by atoms with Crippen LogP contribution in [0.2, 0.25) is 0 Å². The molecular formula is C16H26N2O2. The molecule has 0 bridgehead atoms. The second-order valence-corrected chi connectivity index (χ2v) is 5.80. The van der Waals surface area contributed by atoms with Crippen molar-refractivity contribution in [2.75, 3.05) is 0 Å². The largest absolute Gasteiger partial charge is 0.491 e. The van der Waals surface area contributed by atoms with Crippen LogP contribution >= 0.6 is 0 Å². The molecule has 0 saturated carbocycles. The Bertz CT molecular complexity index is 427. The summed E-state index contributed by atoms with van der Waals surface area (Å²) in [6.45, 7) is 8.61. The van der Waals surface area contributed by atoms with Gasteiger partial charge in [0.05, 0.1) is 6.10 Å². The number of hydrazine groups is 1. The quantitative estimate of drug-likeness (QED) is 0.458. The summed E-state index contributed by atoms with van der Waals surface area (Å²) in [7, 11) is 0. The van der Waals surface area contributed by atoms with Crippen LogP contribution in [-0.4, -0.2) is 12.0 Å². The highest BCUT2D eigenvalue weighted by Gasteiger charge is 2.17. The van der Waals surface area contributed by atoms with Gasteiger partial charge in [-0.2, -0.15) is 0 Å². The molecule has 4 nitrogen and oxygen atoms in total. The third kappa shape index (κ3) is 4.85. The predicted molar refractivity (Wildman–Crippen MR) is 81.4 cm³/mol. The first-order valence-electron chi connectivity index (χ1n) is 7.15. The number of amides is 1. The number of hydrogen-bond acceptors (Lipinski definition) is 3. The lowest BCUT2D eigenvalue weighted by atomic mass is 9.82. The molecule has 0 spiro atoms. The van der Waals surface area contributed by atoms with Gasteiger partial charge in [-0.05, 0) is 42.9 Å². The summed E-state index contributed by atoms with van der Waals surface area (Å²) < 4.78 is 5.79. The van der Waals surface area contributed by atoms with E-state index in [4.69, 9.17) is 10.6 Å². The smallest absolute Gasteiger partial charge is 0.234 e. The third-order valence-electron chi connectivity index (χ3n) is 3.80. The number of carbonyl (C=O) groups excluding carboxylic acids is 1. The SMILES string of the molecule is CCC(C)(C)c1ccc(OC(C)CCC(=O)NN)cc1. The fraction of sp³-hybridized carbons (Fsp3) is 0.562. The van der Waals surface area contributed by atoms with Gasteiger partial charge in [-0.25, -0.2) is 5.84 Å². The van der Waals surface area contributed by atoms with Crippen LogP contribution in [0, 0.1) is 0 Å². The fourth-order valence-corrected chi connectivity index (χ4v) is 1.89. The highest BCUT2D eigenvalue weighted by atomic mass is 16.5. The van der Waals surface area contributed by atoms with Crippen LogP contribution in [0.1, 0.15) is 52.5 Å². The number of nitrogens with two attached hydrogens (primary N) is 1. The highest BCUT2D eigenvalue weighted by Crippen LogP contribution is 2.28. The maximum absolute atomic E-state index is 11.1. The maximum atomic E-state index is 11.1. The average molecular weight is 278 g/mol. The Morgan fingerprint density at radius 1 is 1.35 bits per heavy atom. The Labute approximate surface area is 121 Å². The molecule has 0 aliphatic rings. The molecule has 1 aromatic rings. The first kappa shape index (κ1) is 16.5. The Kier molecular flexibility index (Phi) is 6.02. The Hall–Kier alpha value is -1.55. The molecule has 1 aromatic carbocycles. The van der Waals surface area contributed by atoms with Crippen LogP contribution in [0.4, 0.5) is 0 Å². The Morgan fingerprint density at radius 3 is 2.45 bits per heavy atom. The van der Waals surface area contributed by atoms with Gasteiger partial charge >= 0.3 is 0 Å². The van der Waals surface area contributed by atoms with Crippen molar-refractivity contribution in [3.8, 4) is 5.75 Å². The van der Waals surface area contributed by atoms with Gasteiger partial charge in [0, 0.05) is 6.42 Å². The molecule has 1 unspecified atom stereocenters. The molecule has 3 N–H and O–H groups in total. The van der Waals surface area contributed by atoms with E-state index in [1.165, 1.54) is 5.56 Å². The number of benzene rings is 1. The Morgan fingerprint density at radius 2 is 1.95 bits per heavy atom. The number of nitrogens with one attached hydrogen (secondary N) is 1. The monoisotopic (exact) mass is 278 g/mol. The highest BCUT2D eigenvalue weighted by molar-refractivity contribution is 5.75. The number of rotatable bonds is 7. The summed E-state index contributed by atoms with van der Waals surface area (Å²) in [4.78, 5) is 11.1. The van der Waals surface area contributed by atoms with Crippen molar-refractivity contribution in [2.24, 2.45) is 5.84 Å². The normalized spacial score (nSPS) is 12.8. The van der Waals surface area contributed by atoms with Crippen molar-refractivity contribution in [2.45, 2.75) is 58.5 Å². The van der Waals surface area contributed by atoms with Crippen LogP contribution in [-0.2, 0) is 10.2 Å². The lowest BCUT2D eigenvalue weighted by molar-refractivity contribution is -0.121. The van der Waals surface area contributed by atoms with Gasteiger partial charge in [0.15, 0.2) is 0 Å². The summed E-state index contributed by atoms with van der Waals surface area (Å²) in [5, 5.41) is 0. The van der Waals surface area contributed by atoms with Crippen LogP contribution in [0.15, 0.2) is 24.3 Å². The van der Waals surface area contributed by atoms with Crippen LogP contribution in [0.3, 0.4) is 0 Å². The first-order chi connectivity index (χ1) is 9.39. The van der Waals surface area contributed by atoms with E-state index in [0.717, 1.165) is 12.2 Å². The van der Waals surface area contributed by atoms with Gasteiger partial charge in [-0.15, -0.1) is 0 Å². The zero-order valence-corrected chi connectivity index (χ0v) is 12.9. The van der Waals surface area contributed by atoms with Crippen molar-refractivity contribution in [1.82, 2.24) is 5.43 Å². The van der Waals surface area contributed by atoms with Gasteiger partial charge in [0.25, 0.3) is 0 Å². The van der Waals surface area contributed by atoms with Crippen molar-refractivity contribution >= 4 is 5.91 Å². The number of hydrogen-bond donors (Lipinski definition) is 2. The average Bonchev–Trinajstić information content (AvgIpc) is 2.45. The molecule has 0 aromatic heterocycles. The molecule has 4 heteroatoms. The summed E-state index contributed by atoms with van der Waals surface area (Å²) in [6, 6.07) is 8.20. The molecule has 20 heavy (non-hydrogen) atoms. The molecule has 1 rings (SSSR count). The van der Waals surface area contributed by atoms with E-state index >= 15 is 0 Å². The molecular weight excluding hydrogens is 252 g/mol. The molecule has 0 aliphatic carbocycles. The van der Waals surface area contributed by atoms with Crippen molar-refractivity contribution in [3.63, 3.8) is 0 Å². The molecule has 0 aliphatic heterocycles. The fourth-order valence-electron chi connectivity index (χ4n) is 1.89. The van der Waals surface area contributed by atoms with Gasteiger partial charge in [-0.3, -0.25) is 10.2 Å². The number of ether oxygens (including phenoxy) is 1. The van der Waals surface area contributed by atoms with E-state index in [0.29, 0.717) is 12.8 Å². The van der Waals surface area contributed by atoms with E-state index in [2.05, 4.69) is 38.3 Å². The molecule has 0 saturated heterocycles. The summed E-state index contributed by atoms with van der Waals surface area (Å²) in [5.41, 5.74) is 3.61. The lowest BCUT2D eigenvalue weighted by Crippen LogP contribution is -2.30. The van der Waals surface area contributed by atoms with Crippen LogP contribution < -0.4 is 16.0 Å². The van der Waals surface area contributed by atoms with Gasteiger partial charge in [0.2, 0.25) is 5.91 Å². The zero-order valence-electron chi connectivity index (χ0n) is 12.9. The van der Waals surface area contributed by atoms with Crippen molar-refractivity contribution in [1.29, 1.82) is 0 Å². The van der Waals surface area contributed by atoms with Gasteiger partial charge in [0.1, 0.15) is 5.75 Å². The van der Waals surface area contributed by atoms with Crippen LogP contribution in [0.5, 0.6) is 5.75 Å². The van der Waals surface area contributed by atoms with E-state index in [1.807, 2.05) is 19.1 Å². The molecule has 0 radical (unpaired) electrons. The van der Waals surface area contributed by atoms with E-state index in [-0.39, 0.29) is 17.4 Å². The topological polar surface area (TPSA) is 64.3 Å². The Balaban J connectivity index is 2.55. The van der Waals surface area contributed by atoms with Gasteiger partial charge < -0.3 is 4.74 Å². The summed E-state index contributed by atoms with van der Waals surface area (Å²) >= 11 is 0. The van der Waals surface area contributed by atoms with Gasteiger partial charge in [-0.1, -0.05) is 32.9 Å². The lowest BCUT2D eigenvalue weighted by Gasteiger charge is -2.23. The van der Waals surface area contributed by atoms with E-state index in [1.54, 1.807) is 0 Å². The van der Waals surface area contributed by atoms with Crippen molar-refractivity contribution < 1.29 is 9.53 Å². The second-order valence-electron chi connectivity index (χ2n) is 5.80. The molecule has 0 heterocycles. The molecule has 0 fully saturated rings. The number of carbonyl (C=O) groups is 1. The minimum Gasteiger partial charge on any atom is -0.491 e. The predicted octanol–water partition coefficient (Wildman–Crippen LogP) is 2.91. The zero-order chi connectivity index (χ0) is 15.2. The van der Waals surface area contributed by atoms with Crippen LogP contribution in [0.25, 0.3) is 0 Å². The van der Waals surface area contributed by atoms with Crippen molar-refractivity contribution in [3.05, 3.63) is 29.8 Å². The van der Waals surface area contributed by atoms with E-state index in [9.17, 15) is 4.79 Å². The summed E-state index contributed by atoms with van der Waals surface area (Å²) in [6.07, 6.45) is 2.10. The van der Waals surface area contributed by atoms with E-state index < -0.39 is 0 Å². The molecule has 1 atom stereocenters. The maximum Gasteiger partial charge on any atom is 0.234 e. The first-order valence-corrected chi connectivity index (χ1v) is 7.15. The summed E-state index contributed by atoms with van der Waals surface area (Å²) in [5.74, 6) is 5.71. The minimum absolute atomic E-state index is 0.0164.